The maximum atomic E-state index is 12.9. The number of hydrogen-bond acceptors (Lipinski definition) is 5. The molecule has 2 N–H and O–H groups in total. The zero-order chi connectivity index (χ0) is 19.1. The summed E-state index contributed by atoms with van der Waals surface area (Å²) in [6.07, 6.45) is 3.54. The predicted octanol–water partition coefficient (Wildman–Crippen LogP) is 3.34. The Hall–Kier alpha value is -3.48. The lowest BCUT2D eigenvalue weighted by molar-refractivity contribution is 0.0953. The van der Waals surface area contributed by atoms with Crippen molar-refractivity contribution in [2.24, 2.45) is 0 Å². The van der Waals surface area contributed by atoms with Gasteiger partial charge in [0.2, 0.25) is 5.95 Å². The number of methoxy groups -OCH3 is 1. The van der Waals surface area contributed by atoms with Crippen LogP contribution in [0.1, 0.15) is 15.9 Å². The third kappa shape index (κ3) is 5.01. The maximum absolute atomic E-state index is 12.9. The molecule has 3 rings (SSSR count). The number of para-hydroxylation sites is 1. The fourth-order valence-electron chi connectivity index (χ4n) is 2.49. The van der Waals surface area contributed by atoms with E-state index in [1.807, 2.05) is 24.3 Å². The van der Waals surface area contributed by atoms with Crippen LogP contribution in [0.25, 0.3) is 0 Å². The van der Waals surface area contributed by atoms with Crippen molar-refractivity contribution < 1.29 is 13.9 Å². The molecule has 3 aromatic rings. The number of halogens is 1. The second kappa shape index (κ2) is 8.75. The molecule has 0 atom stereocenters. The number of benzene rings is 2. The summed E-state index contributed by atoms with van der Waals surface area (Å²) < 4.78 is 18.2. The molecule has 0 aliphatic heterocycles. The third-order valence-corrected chi connectivity index (χ3v) is 3.89. The highest BCUT2D eigenvalue weighted by Crippen LogP contribution is 2.17. The minimum absolute atomic E-state index is 0.252. The Morgan fingerprint density at radius 1 is 1.07 bits per heavy atom. The molecule has 0 radical (unpaired) electrons. The normalized spacial score (nSPS) is 10.3. The topological polar surface area (TPSA) is 76.1 Å². The molecular weight excluding hydrogens is 347 g/mol. The van der Waals surface area contributed by atoms with Crippen molar-refractivity contribution in [2.45, 2.75) is 6.42 Å². The van der Waals surface area contributed by atoms with Crippen LogP contribution in [0, 0.1) is 5.82 Å². The van der Waals surface area contributed by atoms with Gasteiger partial charge in [-0.05, 0) is 42.3 Å². The predicted molar refractivity (Wildman–Crippen MR) is 101 cm³/mol. The first kappa shape index (κ1) is 18.3. The van der Waals surface area contributed by atoms with E-state index in [2.05, 4.69) is 20.6 Å². The molecule has 7 heteroatoms. The van der Waals surface area contributed by atoms with E-state index >= 15 is 0 Å². The molecule has 138 valence electrons. The summed E-state index contributed by atoms with van der Waals surface area (Å²) >= 11 is 0. The molecule has 0 fully saturated rings. The summed E-state index contributed by atoms with van der Waals surface area (Å²) in [6, 6.07) is 13.5. The summed E-state index contributed by atoms with van der Waals surface area (Å²) in [7, 11) is 1.62. The zero-order valence-corrected chi connectivity index (χ0v) is 14.8. The van der Waals surface area contributed by atoms with E-state index in [0.29, 0.717) is 30.2 Å². The number of nitrogens with one attached hydrogen (secondary N) is 2. The van der Waals surface area contributed by atoms with Crippen LogP contribution >= 0.6 is 0 Å². The molecule has 1 aromatic heterocycles. The van der Waals surface area contributed by atoms with Gasteiger partial charge in [-0.2, -0.15) is 0 Å². The Labute approximate surface area is 156 Å². The first-order valence-electron chi connectivity index (χ1n) is 8.40. The minimum atomic E-state index is -0.318. The van der Waals surface area contributed by atoms with Gasteiger partial charge in [-0.3, -0.25) is 4.79 Å². The summed E-state index contributed by atoms with van der Waals surface area (Å²) in [5.74, 6) is 0.554. The molecule has 0 unspecified atom stereocenters. The second-order valence-corrected chi connectivity index (χ2v) is 5.74. The molecule has 0 spiro atoms. The Balaban J connectivity index is 1.53. The van der Waals surface area contributed by atoms with E-state index in [1.54, 1.807) is 19.2 Å². The highest BCUT2D eigenvalue weighted by atomic mass is 19.1. The highest BCUT2D eigenvalue weighted by molar-refractivity contribution is 5.93. The van der Waals surface area contributed by atoms with Gasteiger partial charge in [0, 0.05) is 24.6 Å². The summed E-state index contributed by atoms with van der Waals surface area (Å²) in [6.45, 7) is 0.467. The first-order chi connectivity index (χ1) is 13.2. The van der Waals surface area contributed by atoms with Gasteiger partial charge in [-0.15, -0.1) is 0 Å². The molecular formula is C20H19FN4O2. The number of aromatic nitrogens is 2. The van der Waals surface area contributed by atoms with E-state index in [0.717, 1.165) is 11.3 Å². The van der Waals surface area contributed by atoms with Gasteiger partial charge in [0.05, 0.1) is 12.7 Å². The van der Waals surface area contributed by atoms with Crippen molar-refractivity contribution in [3.63, 3.8) is 0 Å². The van der Waals surface area contributed by atoms with Crippen LogP contribution in [-0.4, -0.2) is 29.5 Å². The Morgan fingerprint density at radius 3 is 2.48 bits per heavy atom. The van der Waals surface area contributed by atoms with Gasteiger partial charge in [0.25, 0.3) is 5.91 Å². The molecule has 0 aliphatic rings. The smallest absolute Gasteiger partial charge is 0.254 e. The lowest BCUT2D eigenvalue weighted by Crippen LogP contribution is -2.26. The zero-order valence-electron chi connectivity index (χ0n) is 14.8. The standard InChI is InChI=1S/C20H19FN4O2/c1-27-18-5-3-2-4-14(18)10-11-22-19(26)15-12-23-20(24-13-15)25-17-8-6-16(21)7-9-17/h2-9,12-13H,10-11H2,1H3,(H,22,26)(H,23,24,25). The fraction of sp³-hybridized carbons (Fsp3) is 0.150. The van der Waals surface area contributed by atoms with Gasteiger partial charge >= 0.3 is 0 Å². The van der Waals surface area contributed by atoms with Crippen LogP contribution in [-0.2, 0) is 6.42 Å². The van der Waals surface area contributed by atoms with Crippen molar-refractivity contribution in [1.82, 2.24) is 15.3 Å². The maximum Gasteiger partial charge on any atom is 0.254 e. The minimum Gasteiger partial charge on any atom is -0.496 e. The average molecular weight is 366 g/mol. The molecule has 0 bridgehead atoms. The van der Waals surface area contributed by atoms with Crippen LogP contribution in [0.3, 0.4) is 0 Å². The average Bonchev–Trinajstić information content (AvgIpc) is 2.70. The number of rotatable bonds is 7. The van der Waals surface area contributed by atoms with E-state index in [9.17, 15) is 9.18 Å². The number of carbonyl (C=O) groups is 1. The van der Waals surface area contributed by atoms with Crippen LogP contribution in [0.15, 0.2) is 60.9 Å². The number of hydrogen-bond donors (Lipinski definition) is 2. The largest absolute Gasteiger partial charge is 0.496 e. The van der Waals surface area contributed by atoms with Crippen molar-refractivity contribution in [3.05, 3.63) is 77.9 Å². The number of ether oxygens (including phenoxy) is 1. The molecule has 1 amide bonds. The van der Waals surface area contributed by atoms with Crippen molar-refractivity contribution in [2.75, 3.05) is 19.0 Å². The highest BCUT2D eigenvalue weighted by Gasteiger charge is 2.08. The quantitative estimate of drug-likeness (QED) is 0.671. The molecule has 0 saturated heterocycles. The first-order valence-corrected chi connectivity index (χ1v) is 8.40. The molecule has 27 heavy (non-hydrogen) atoms. The molecule has 0 aliphatic carbocycles. The van der Waals surface area contributed by atoms with Crippen LogP contribution in [0.5, 0.6) is 5.75 Å². The Morgan fingerprint density at radius 2 is 1.78 bits per heavy atom. The van der Waals surface area contributed by atoms with Crippen molar-refractivity contribution in [3.8, 4) is 5.75 Å². The van der Waals surface area contributed by atoms with E-state index in [1.165, 1.54) is 24.5 Å². The van der Waals surface area contributed by atoms with E-state index in [-0.39, 0.29) is 11.7 Å². The molecule has 1 heterocycles. The number of carbonyl (C=O) groups excluding carboxylic acids is 1. The Bertz CT molecular complexity index is 899. The Kier molecular flexibility index (Phi) is 5.94. The van der Waals surface area contributed by atoms with Crippen LogP contribution in [0.4, 0.5) is 16.0 Å². The lowest BCUT2D eigenvalue weighted by atomic mass is 10.1. The van der Waals surface area contributed by atoms with Crippen LogP contribution < -0.4 is 15.4 Å². The third-order valence-electron chi connectivity index (χ3n) is 3.89. The number of amides is 1. The second-order valence-electron chi connectivity index (χ2n) is 5.74. The van der Waals surface area contributed by atoms with Crippen molar-refractivity contribution >= 4 is 17.5 Å². The fourth-order valence-corrected chi connectivity index (χ4v) is 2.49. The summed E-state index contributed by atoms with van der Waals surface area (Å²) in [5, 5.41) is 5.78. The monoisotopic (exact) mass is 366 g/mol. The van der Waals surface area contributed by atoms with E-state index in [4.69, 9.17) is 4.74 Å². The van der Waals surface area contributed by atoms with Crippen molar-refractivity contribution in [1.29, 1.82) is 0 Å². The van der Waals surface area contributed by atoms with E-state index < -0.39 is 0 Å². The number of anilines is 2. The van der Waals surface area contributed by atoms with Gasteiger partial charge in [-0.1, -0.05) is 18.2 Å². The summed E-state index contributed by atoms with van der Waals surface area (Å²) in [5.41, 5.74) is 2.04. The molecule has 2 aromatic carbocycles. The molecule has 0 saturated carbocycles. The van der Waals surface area contributed by atoms with Crippen LogP contribution in [0.2, 0.25) is 0 Å². The van der Waals surface area contributed by atoms with Gasteiger partial charge < -0.3 is 15.4 Å². The SMILES string of the molecule is COc1ccccc1CCNC(=O)c1cnc(Nc2ccc(F)cc2)nc1. The summed E-state index contributed by atoms with van der Waals surface area (Å²) in [4.78, 5) is 20.4. The lowest BCUT2D eigenvalue weighted by Gasteiger charge is -2.09. The number of nitrogens with zero attached hydrogens (tertiary/aromatic N) is 2. The molecule has 6 nitrogen and oxygen atoms in total. The van der Waals surface area contributed by atoms with Gasteiger partial charge in [-0.25, -0.2) is 14.4 Å². The van der Waals surface area contributed by atoms with Gasteiger partial charge in [0.15, 0.2) is 0 Å². The van der Waals surface area contributed by atoms with Gasteiger partial charge in [0.1, 0.15) is 11.6 Å².